The molecule has 4 rings (SSSR count). The topological polar surface area (TPSA) is 66.1 Å². The number of benzene rings is 2. The number of hydrogen-bond acceptors (Lipinski definition) is 4. The molecule has 1 aromatic heterocycles. The smallest absolute Gasteiger partial charge is 0.255 e. The normalized spacial score (nSPS) is 12.8. The Bertz CT molecular complexity index is 1110. The van der Waals surface area contributed by atoms with E-state index < -0.39 is 0 Å². The first kappa shape index (κ1) is 19.4. The Morgan fingerprint density at radius 2 is 1.97 bits per heavy atom. The van der Waals surface area contributed by atoms with Crippen LogP contribution in [0.4, 0.5) is 10.1 Å². The number of para-hydroxylation sites is 1. The molecule has 7 heteroatoms. The van der Waals surface area contributed by atoms with Gasteiger partial charge in [0.25, 0.3) is 5.56 Å². The highest BCUT2D eigenvalue weighted by Gasteiger charge is 2.25. The first-order valence-corrected chi connectivity index (χ1v) is 10.3. The molecular weight excluding hydrogens is 389 g/mol. The van der Waals surface area contributed by atoms with Crippen LogP contribution in [0.1, 0.15) is 22.4 Å². The molecule has 29 heavy (non-hydrogen) atoms. The predicted molar refractivity (Wildman–Crippen MR) is 112 cm³/mol. The average molecular weight is 409 g/mol. The fourth-order valence-corrected chi connectivity index (χ4v) is 4.30. The van der Waals surface area contributed by atoms with Crippen LogP contribution in [0.25, 0.3) is 0 Å². The largest absolute Gasteiger partial charge is 0.312 e. The van der Waals surface area contributed by atoms with E-state index in [1.807, 2.05) is 24.3 Å². The molecule has 0 spiro atoms. The highest BCUT2D eigenvalue weighted by atomic mass is 32.2. The summed E-state index contributed by atoms with van der Waals surface area (Å²) in [5.41, 5.74) is 3.66. The van der Waals surface area contributed by atoms with Gasteiger partial charge in [0.1, 0.15) is 5.82 Å². The monoisotopic (exact) mass is 409 g/mol. The number of halogens is 1. The van der Waals surface area contributed by atoms with Crippen molar-refractivity contribution in [1.82, 2.24) is 9.97 Å². The van der Waals surface area contributed by atoms with Gasteiger partial charge in [-0.05, 0) is 42.7 Å². The second kappa shape index (κ2) is 8.21. The van der Waals surface area contributed by atoms with E-state index in [2.05, 4.69) is 9.97 Å². The van der Waals surface area contributed by atoms with E-state index in [0.29, 0.717) is 28.7 Å². The predicted octanol–water partition coefficient (Wildman–Crippen LogP) is 3.64. The van der Waals surface area contributed by atoms with E-state index in [-0.39, 0.29) is 23.7 Å². The zero-order chi connectivity index (χ0) is 20.4. The third-order valence-electron chi connectivity index (χ3n) is 5.01. The number of nitrogens with zero attached hydrogens (tertiary/aromatic N) is 2. The van der Waals surface area contributed by atoms with Gasteiger partial charge < -0.3 is 9.88 Å². The Hall–Kier alpha value is -2.93. The minimum absolute atomic E-state index is 0.0193. The number of carbonyl (C=O) groups excluding carboxylic acids is 1. The molecule has 5 nitrogen and oxygen atoms in total. The highest BCUT2D eigenvalue weighted by Crippen LogP contribution is 2.28. The van der Waals surface area contributed by atoms with Gasteiger partial charge in [-0.15, -0.1) is 0 Å². The summed E-state index contributed by atoms with van der Waals surface area (Å²) >= 11 is 1.37. The zero-order valence-electron chi connectivity index (χ0n) is 15.9. The van der Waals surface area contributed by atoms with Crippen LogP contribution in [-0.4, -0.2) is 22.4 Å². The third-order valence-corrected chi connectivity index (χ3v) is 5.95. The Labute approximate surface area is 172 Å². The fraction of sp³-hybridized carbons (Fsp3) is 0.227. The van der Waals surface area contributed by atoms with Crippen molar-refractivity contribution in [2.75, 3.05) is 11.4 Å². The van der Waals surface area contributed by atoms with Crippen LogP contribution in [0.15, 0.2) is 58.5 Å². The lowest BCUT2D eigenvalue weighted by Crippen LogP contribution is -2.33. The standard InChI is InChI=1S/C22H20FN3O2S/c1-14-18(12-20(27)26-11-10-16-4-2-3-5-19(16)26)21(28)25-22(24-14)29-13-15-6-8-17(23)9-7-15/h2-9H,10-13H2,1H3,(H,24,25,28). The van der Waals surface area contributed by atoms with Gasteiger partial charge in [0, 0.05) is 29.2 Å². The maximum atomic E-state index is 13.0. The molecule has 0 saturated heterocycles. The second-order valence-corrected chi connectivity index (χ2v) is 7.92. The minimum Gasteiger partial charge on any atom is -0.312 e. The number of aromatic nitrogens is 2. The number of nitrogens with one attached hydrogen (secondary N) is 1. The van der Waals surface area contributed by atoms with Gasteiger partial charge in [0.05, 0.1) is 6.42 Å². The molecule has 0 bridgehead atoms. The van der Waals surface area contributed by atoms with Gasteiger partial charge >= 0.3 is 0 Å². The number of anilines is 1. The number of thioether (sulfide) groups is 1. The molecule has 2 heterocycles. The summed E-state index contributed by atoms with van der Waals surface area (Å²) in [6.07, 6.45) is 0.847. The molecule has 0 unspecified atom stereocenters. The Morgan fingerprint density at radius 3 is 2.72 bits per heavy atom. The molecule has 0 aliphatic carbocycles. The first-order chi connectivity index (χ1) is 14.0. The number of hydrogen-bond donors (Lipinski definition) is 1. The van der Waals surface area contributed by atoms with Crippen molar-refractivity contribution in [3.63, 3.8) is 0 Å². The van der Waals surface area contributed by atoms with Crippen LogP contribution in [0, 0.1) is 12.7 Å². The van der Waals surface area contributed by atoms with Crippen LogP contribution in [-0.2, 0) is 23.4 Å². The van der Waals surface area contributed by atoms with Crippen LogP contribution in [0.3, 0.4) is 0 Å². The summed E-state index contributed by atoms with van der Waals surface area (Å²) < 4.78 is 13.0. The summed E-state index contributed by atoms with van der Waals surface area (Å²) in [6, 6.07) is 14.1. The van der Waals surface area contributed by atoms with E-state index in [1.54, 1.807) is 24.0 Å². The minimum atomic E-state index is -0.292. The van der Waals surface area contributed by atoms with Crippen molar-refractivity contribution < 1.29 is 9.18 Å². The van der Waals surface area contributed by atoms with E-state index in [9.17, 15) is 14.0 Å². The fourth-order valence-electron chi connectivity index (χ4n) is 3.44. The van der Waals surface area contributed by atoms with Gasteiger partial charge in [-0.1, -0.05) is 42.1 Å². The highest BCUT2D eigenvalue weighted by molar-refractivity contribution is 7.98. The van der Waals surface area contributed by atoms with Crippen LogP contribution in [0.5, 0.6) is 0 Å². The Kier molecular flexibility index (Phi) is 5.49. The molecule has 3 aromatic rings. The van der Waals surface area contributed by atoms with Crippen molar-refractivity contribution in [3.05, 3.63) is 87.1 Å². The van der Waals surface area contributed by atoms with Crippen molar-refractivity contribution in [3.8, 4) is 0 Å². The molecule has 0 atom stereocenters. The molecule has 0 radical (unpaired) electrons. The van der Waals surface area contributed by atoms with E-state index in [4.69, 9.17) is 0 Å². The summed E-state index contributed by atoms with van der Waals surface area (Å²) in [6.45, 7) is 2.38. The van der Waals surface area contributed by atoms with Crippen LogP contribution < -0.4 is 10.5 Å². The van der Waals surface area contributed by atoms with Gasteiger partial charge in [0.2, 0.25) is 5.91 Å². The number of rotatable bonds is 5. The van der Waals surface area contributed by atoms with Gasteiger partial charge in [-0.2, -0.15) is 0 Å². The van der Waals surface area contributed by atoms with Gasteiger partial charge in [-0.25, -0.2) is 9.37 Å². The van der Waals surface area contributed by atoms with E-state index >= 15 is 0 Å². The van der Waals surface area contributed by atoms with Gasteiger partial charge in [0.15, 0.2) is 5.16 Å². The number of H-pyrrole nitrogens is 1. The molecule has 1 N–H and O–H groups in total. The second-order valence-electron chi connectivity index (χ2n) is 6.95. The summed E-state index contributed by atoms with van der Waals surface area (Å²) in [5, 5.41) is 0.486. The molecule has 1 amide bonds. The zero-order valence-corrected chi connectivity index (χ0v) is 16.8. The van der Waals surface area contributed by atoms with Crippen molar-refractivity contribution in [2.24, 2.45) is 0 Å². The number of aryl methyl sites for hydroxylation is 1. The van der Waals surface area contributed by atoms with E-state index in [0.717, 1.165) is 23.2 Å². The summed E-state index contributed by atoms with van der Waals surface area (Å²) in [5.74, 6) is 0.179. The summed E-state index contributed by atoms with van der Waals surface area (Å²) in [4.78, 5) is 34.4. The van der Waals surface area contributed by atoms with Crippen molar-refractivity contribution in [1.29, 1.82) is 0 Å². The van der Waals surface area contributed by atoms with Crippen LogP contribution in [0.2, 0.25) is 0 Å². The maximum Gasteiger partial charge on any atom is 0.255 e. The molecule has 1 aliphatic heterocycles. The Balaban J connectivity index is 1.47. The molecule has 148 valence electrons. The van der Waals surface area contributed by atoms with Gasteiger partial charge in [-0.3, -0.25) is 9.59 Å². The molecule has 0 fully saturated rings. The maximum absolute atomic E-state index is 13.0. The SMILES string of the molecule is Cc1nc(SCc2ccc(F)cc2)[nH]c(=O)c1CC(=O)N1CCc2ccccc21. The van der Waals surface area contributed by atoms with Crippen molar-refractivity contribution in [2.45, 2.75) is 30.7 Å². The average Bonchev–Trinajstić information content (AvgIpc) is 3.14. The number of amides is 1. The lowest BCUT2D eigenvalue weighted by molar-refractivity contribution is -0.117. The lowest BCUT2D eigenvalue weighted by atomic mass is 10.1. The third kappa shape index (κ3) is 4.24. The number of fused-ring (bicyclic) bond motifs is 1. The van der Waals surface area contributed by atoms with E-state index in [1.165, 1.54) is 23.9 Å². The Morgan fingerprint density at radius 1 is 1.21 bits per heavy atom. The molecule has 0 saturated carbocycles. The number of carbonyl (C=O) groups is 1. The molecular formula is C22H20FN3O2S. The van der Waals surface area contributed by atoms with Crippen molar-refractivity contribution >= 4 is 23.4 Å². The van der Waals surface area contributed by atoms with Crippen LogP contribution >= 0.6 is 11.8 Å². The summed E-state index contributed by atoms with van der Waals surface area (Å²) in [7, 11) is 0. The quantitative estimate of drug-likeness (QED) is 0.516. The number of aromatic amines is 1. The molecule has 1 aliphatic rings. The first-order valence-electron chi connectivity index (χ1n) is 9.36. The lowest BCUT2D eigenvalue weighted by Gasteiger charge is -2.17. The molecule has 2 aromatic carbocycles.